The number of likely N-dealkylation sites (tertiary alicyclic amines) is 1. The quantitative estimate of drug-likeness (QED) is 0.817. The van der Waals surface area contributed by atoms with Crippen molar-refractivity contribution in [3.05, 3.63) is 65.5 Å². The Balaban J connectivity index is 1.46. The number of carbonyl (C=O) groups excluding carboxylic acids is 1. The molecule has 2 aromatic carbocycles. The molecule has 1 atom stereocenters. The highest BCUT2D eigenvalue weighted by atomic mass is 19.1. The van der Waals surface area contributed by atoms with Gasteiger partial charge in [0.05, 0.1) is 5.92 Å². The smallest absolute Gasteiger partial charge is 0.317 e. The summed E-state index contributed by atoms with van der Waals surface area (Å²) in [4.78, 5) is 24.6. The Bertz CT molecular complexity index is 810. The number of nitrogens with one attached hydrogen (secondary N) is 1. The molecule has 3 rings (SSSR count). The van der Waals surface area contributed by atoms with Gasteiger partial charge in [0.2, 0.25) is 0 Å². The first kappa shape index (κ1) is 18.7. The van der Waals surface area contributed by atoms with Gasteiger partial charge in [0, 0.05) is 25.2 Å². The largest absolute Gasteiger partial charge is 0.489 e. The second-order valence-electron chi connectivity index (χ2n) is 6.45. The van der Waals surface area contributed by atoms with Gasteiger partial charge < -0.3 is 20.1 Å². The van der Waals surface area contributed by atoms with Gasteiger partial charge in [0.1, 0.15) is 18.2 Å². The molecule has 1 aliphatic heterocycles. The van der Waals surface area contributed by atoms with Gasteiger partial charge in [0.15, 0.2) is 0 Å². The van der Waals surface area contributed by atoms with Crippen LogP contribution in [0.4, 0.5) is 9.18 Å². The Hall–Kier alpha value is -3.09. The number of halogens is 1. The Morgan fingerprint density at radius 1 is 1.19 bits per heavy atom. The van der Waals surface area contributed by atoms with E-state index in [1.165, 1.54) is 11.0 Å². The molecule has 1 fully saturated rings. The SMILES string of the molecule is O=C(O)C1CCN(C(=O)NCc2ccc(OCc3ccccc3F)cc2)C1. The fourth-order valence-corrected chi connectivity index (χ4v) is 2.92. The minimum Gasteiger partial charge on any atom is -0.489 e. The van der Waals surface area contributed by atoms with Crippen LogP contribution in [-0.4, -0.2) is 35.1 Å². The van der Waals surface area contributed by atoms with Crippen molar-refractivity contribution in [3.8, 4) is 5.75 Å². The van der Waals surface area contributed by atoms with Crippen LogP contribution >= 0.6 is 0 Å². The Morgan fingerprint density at radius 3 is 2.59 bits per heavy atom. The van der Waals surface area contributed by atoms with E-state index in [1.807, 2.05) is 12.1 Å². The van der Waals surface area contributed by atoms with Gasteiger partial charge in [-0.2, -0.15) is 0 Å². The number of carboxylic acids is 1. The molecule has 27 heavy (non-hydrogen) atoms. The molecule has 2 amide bonds. The first-order valence-electron chi connectivity index (χ1n) is 8.73. The van der Waals surface area contributed by atoms with Gasteiger partial charge >= 0.3 is 12.0 Å². The maximum absolute atomic E-state index is 13.6. The lowest BCUT2D eigenvalue weighted by molar-refractivity contribution is -0.141. The van der Waals surface area contributed by atoms with Gasteiger partial charge in [-0.15, -0.1) is 0 Å². The lowest BCUT2D eigenvalue weighted by Gasteiger charge is -2.16. The number of hydrogen-bond acceptors (Lipinski definition) is 3. The summed E-state index contributed by atoms with van der Waals surface area (Å²) in [6.07, 6.45) is 0.483. The van der Waals surface area contributed by atoms with Crippen molar-refractivity contribution in [1.29, 1.82) is 0 Å². The highest BCUT2D eigenvalue weighted by Gasteiger charge is 2.30. The molecular weight excluding hydrogens is 351 g/mol. The molecular formula is C20H21FN2O4. The number of ether oxygens (including phenoxy) is 1. The molecule has 1 heterocycles. The Labute approximate surface area is 156 Å². The average molecular weight is 372 g/mol. The highest BCUT2D eigenvalue weighted by Crippen LogP contribution is 2.17. The maximum Gasteiger partial charge on any atom is 0.317 e. The molecule has 1 unspecified atom stereocenters. The number of benzene rings is 2. The van der Waals surface area contributed by atoms with Crippen molar-refractivity contribution in [2.24, 2.45) is 5.92 Å². The van der Waals surface area contributed by atoms with Crippen LogP contribution in [0.15, 0.2) is 48.5 Å². The standard InChI is InChI=1S/C20H21FN2O4/c21-18-4-2-1-3-16(18)13-27-17-7-5-14(6-8-17)11-22-20(26)23-10-9-15(12-23)19(24)25/h1-8,15H,9-13H2,(H,22,26)(H,24,25). The van der Waals surface area contributed by atoms with Crippen LogP contribution in [0.5, 0.6) is 5.75 Å². The summed E-state index contributed by atoms with van der Waals surface area (Å²) in [6, 6.07) is 13.4. The third-order valence-electron chi connectivity index (χ3n) is 4.54. The summed E-state index contributed by atoms with van der Waals surface area (Å²) in [5.74, 6) is -1.04. The van der Waals surface area contributed by atoms with Crippen molar-refractivity contribution in [2.75, 3.05) is 13.1 Å². The van der Waals surface area contributed by atoms with Crippen LogP contribution in [0.2, 0.25) is 0 Å². The van der Waals surface area contributed by atoms with Crippen molar-refractivity contribution < 1.29 is 23.8 Å². The zero-order chi connectivity index (χ0) is 19.2. The molecule has 1 aliphatic rings. The third kappa shape index (κ3) is 4.97. The van der Waals surface area contributed by atoms with Crippen LogP contribution in [0.25, 0.3) is 0 Å². The van der Waals surface area contributed by atoms with Gasteiger partial charge in [-0.1, -0.05) is 30.3 Å². The van der Waals surface area contributed by atoms with Crippen molar-refractivity contribution in [1.82, 2.24) is 10.2 Å². The molecule has 7 heteroatoms. The molecule has 2 N–H and O–H groups in total. The van der Waals surface area contributed by atoms with E-state index in [0.717, 1.165) is 5.56 Å². The van der Waals surface area contributed by atoms with Crippen molar-refractivity contribution in [2.45, 2.75) is 19.6 Å². The molecule has 0 saturated carbocycles. The number of rotatable bonds is 6. The molecule has 0 aromatic heterocycles. The third-order valence-corrected chi connectivity index (χ3v) is 4.54. The number of nitrogens with zero attached hydrogens (tertiary/aromatic N) is 1. The number of amides is 2. The Morgan fingerprint density at radius 2 is 1.93 bits per heavy atom. The minimum atomic E-state index is -0.865. The fourth-order valence-electron chi connectivity index (χ4n) is 2.92. The zero-order valence-corrected chi connectivity index (χ0v) is 14.7. The van der Waals surface area contributed by atoms with E-state index in [-0.39, 0.29) is 25.0 Å². The van der Waals surface area contributed by atoms with E-state index in [0.29, 0.717) is 30.8 Å². The number of aliphatic carboxylic acids is 1. The van der Waals surface area contributed by atoms with E-state index in [9.17, 15) is 14.0 Å². The molecule has 0 aliphatic carbocycles. The van der Waals surface area contributed by atoms with Crippen molar-refractivity contribution >= 4 is 12.0 Å². The van der Waals surface area contributed by atoms with Gasteiger partial charge in [-0.3, -0.25) is 4.79 Å². The van der Waals surface area contributed by atoms with Crippen LogP contribution < -0.4 is 10.1 Å². The van der Waals surface area contributed by atoms with Gasteiger partial charge in [0.25, 0.3) is 0 Å². The summed E-state index contributed by atoms with van der Waals surface area (Å²) in [5.41, 5.74) is 1.37. The molecule has 2 aromatic rings. The highest BCUT2D eigenvalue weighted by molar-refractivity contribution is 5.77. The number of carbonyl (C=O) groups is 2. The van der Waals surface area contributed by atoms with Crippen LogP contribution in [-0.2, 0) is 17.9 Å². The second-order valence-corrected chi connectivity index (χ2v) is 6.45. The van der Waals surface area contributed by atoms with E-state index < -0.39 is 11.9 Å². The van der Waals surface area contributed by atoms with E-state index >= 15 is 0 Å². The molecule has 1 saturated heterocycles. The maximum atomic E-state index is 13.6. The monoisotopic (exact) mass is 372 g/mol. The fraction of sp³-hybridized carbons (Fsp3) is 0.300. The topological polar surface area (TPSA) is 78.9 Å². The summed E-state index contributed by atoms with van der Waals surface area (Å²) < 4.78 is 19.2. The summed E-state index contributed by atoms with van der Waals surface area (Å²) >= 11 is 0. The average Bonchev–Trinajstić information content (AvgIpc) is 3.17. The number of carboxylic acid groups (broad SMARTS) is 1. The first-order valence-corrected chi connectivity index (χ1v) is 8.73. The second kappa shape index (κ2) is 8.53. The molecule has 6 nitrogen and oxygen atoms in total. The molecule has 0 radical (unpaired) electrons. The molecule has 0 bridgehead atoms. The van der Waals surface area contributed by atoms with Crippen molar-refractivity contribution in [3.63, 3.8) is 0 Å². The number of hydrogen-bond donors (Lipinski definition) is 2. The van der Waals surface area contributed by atoms with Crippen LogP contribution in [0.3, 0.4) is 0 Å². The molecule has 142 valence electrons. The first-order chi connectivity index (χ1) is 13.0. The minimum absolute atomic E-state index is 0.141. The van der Waals surface area contributed by atoms with E-state index in [4.69, 9.17) is 9.84 Å². The van der Waals surface area contributed by atoms with Gasteiger partial charge in [-0.25, -0.2) is 9.18 Å². The van der Waals surface area contributed by atoms with E-state index in [1.54, 1.807) is 30.3 Å². The normalized spacial score (nSPS) is 16.2. The lowest BCUT2D eigenvalue weighted by Crippen LogP contribution is -2.38. The predicted octanol–water partition coefficient (Wildman–Crippen LogP) is 3.02. The predicted molar refractivity (Wildman–Crippen MR) is 96.7 cm³/mol. The lowest BCUT2D eigenvalue weighted by atomic mass is 10.1. The van der Waals surface area contributed by atoms with Crippen LogP contribution in [0.1, 0.15) is 17.5 Å². The Kier molecular flexibility index (Phi) is 5.90. The molecule has 0 spiro atoms. The summed E-state index contributed by atoms with van der Waals surface area (Å²) in [5, 5.41) is 11.8. The summed E-state index contributed by atoms with van der Waals surface area (Å²) in [7, 11) is 0. The zero-order valence-electron chi connectivity index (χ0n) is 14.7. The number of urea groups is 1. The summed E-state index contributed by atoms with van der Waals surface area (Å²) in [6.45, 7) is 1.17. The van der Waals surface area contributed by atoms with Gasteiger partial charge in [-0.05, 0) is 30.2 Å². The van der Waals surface area contributed by atoms with Crippen LogP contribution in [0, 0.1) is 11.7 Å². The van der Waals surface area contributed by atoms with E-state index in [2.05, 4.69) is 5.32 Å².